The van der Waals surface area contributed by atoms with Gasteiger partial charge in [0.2, 0.25) is 5.91 Å². The first kappa shape index (κ1) is 11.1. The van der Waals surface area contributed by atoms with Crippen LogP contribution in [0.5, 0.6) is 0 Å². The Hall–Kier alpha value is -1.06. The second-order valence-corrected chi connectivity index (χ2v) is 5.15. The smallest absolute Gasteiger partial charge is 0.228 e. The van der Waals surface area contributed by atoms with Crippen molar-refractivity contribution in [3.05, 3.63) is 28.8 Å². The van der Waals surface area contributed by atoms with Crippen molar-refractivity contribution >= 4 is 24.0 Å². The average molecular weight is 251 g/mol. The third-order valence-electron chi connectivity index (χ3n) is 4.16. The number of fused-ring (bicyclic) bond motifs is 6. The Labute approximate surface area is 106 Å². The molecule has 90 valence electrons. The van der Waals surface area contributed by atoms with Crippen LogP contribution < -0.4 is 10.6 Å². The summed E-state index contributed by atoms with van der Waals surface area (Å²) in [7, 11) is 0. The number of carbonyl (C=O) groups is 1. The SMILES string of the molecule is Cl.O=C1Cc2cc3c(cc2N1)C1CNCC3C1. The molecule has 2 N–H and O–H groups in total. The highest BCUT2D eigenvalue weighted by Crippen LogP contribution is 2.46. The summed E-state index contributed by atoms with van der Waals surface area (Å²) in [5.74, 6) is 1.48. The molecule has 17 heavy (non-hydrogen) atoms. The van der Waals surface area contributed by atoms with Crippen LogP contribution in [0.2, 0.25) is 0 Å². The van der Waals surface area contributed by atoms with Crippen molar-refractivity contribution in [2.24, 2.45) is 0 Å². The van der Waals surface area contributed by atoms with Gasteiger partial charge in [-0.25, -0.2) is 0 Å². The van der Waals surface area contributed by atoms with Crippen LogP contribution >= 0.6 is 12.4 Å². The summed E-state index contributed by atoms with van der Waals surface area (Å²) >= 11 is 0. The number of piperidine rings is 1. The van der Waals surface area contributed by atoms with Crippen LogP contribution in [0.4, 0.5) is 5.69 Å². The van der Waals surface area contributed by atoms with E-state index >= 15 is 0 Å². The lowest BCUT2D eigenvalue weighted by molar-refractivity contribution is -0.115. The number of anilines is 1. The number of amides is 1. The number of carbonyl (C=O) groups excluding carboxylic acids is 1. The molecule has 1 amide bonds. The molecule has 1 aromatic carbocycles. The summed E-state index contributed by atoms with van der Waals surface area (Å²) in [4.78, 5) is 11.4. The van der Waals surface area contributed by atoms with Crippen LogP contribution in [0.25, 0.3) is 0 Å². The predicted octanol–water partition coefficient (Wildman–Crippen LogP) is 1.78. The van der Waals surface area contributed by atoms with E-state index in [2.05, 4.69) is 22.8 Å². The van der Waals surface area contributed by atoms with Crippen LogP contribution in [0, 0.1) is 0 Å². The first-order valence-electron chi connectivity index (χ1n) is 5.98. The Morgan fingerprint density at radius 1 is 1.12 bits per heavy atom. The predicted molar refractivity (Wildman–Crippen MR) is 69.0 cm³/mol. The Morgan fingerprint density at radius 2 is 1.82 bits per heavy atom. The van der Waals surface area contributed by atoms with Crippen LogP contribution in [0.1, 0.15) is 34.9 Å². The summed E-state index contributed by atoms with van der Waals surface area (Å²) in [6.45, 7) is 2.19. The number of halogens is 1. The highest BCUT2D eigenvalue weighted by Gasteiger charge is 2.35. The Bertz CT molecular complexity index is 459. The van der Waals surface area contributed by atoms with Crippen molar-refractivity contribution < 1.29 is 4.79 Å². The Balaban J connectivity index is 0.000000902. The van der Waals surface area contributed by atoms with Crippen LogP contribution in [0.15, 0.2) is 12.1 Å². The van der Waals surface area contributed by atoms with Crippen molar-refractivity contribution in [1.82, 2.24) is 5.32 Å². The van der Waals surface area contributed by atoms with Gasteiger partial charge < -0.3 is 10.6 Å². The van der Waals surface area contributed by atoms with Crippen molar-refractivity contribution in [2.75, 3.05) is 18.4 Å². The zero-order valence-electron chi connectivity index (χ0n) is 9.45. The van der Waals surface area contributed by atoms with E-state index in [0.29, 0.717) is 18.3 Å². The molecule has 1 saturated heterocycles. The maximum absolute atomic E-state index is 11.4. The molecule has 0 saturated carbocycles. The van der Waals surface area contributed by atoms with E-state index in [9.17, 15) is 4.79 Å². The third-order valence-corrected chi connectivity index (χ3v) is 4.16. The van der Waals surface area contributed by atoms with E-state index in [0.717, 1.165) is 18.8 Å². The minimum absolute atomic E-state index is 0. The molecule has 0 spiro atoms. The van der Waals surface area contributed by atoms with E-state index < -0.39 is 0 Å². The fraction of sp³-hybridized carbons (Fsp3) is 0.462. The van der Waals surface area contributed by atoms with Crippen LogP contribution in [-0.4, -0.2) is 19.0 Å². The lowest BCUT2D eigenvalue weighted by Gasteiger charge is -2.19. The van der Waals surface area contributed by atoms with E-state index in [4.69, 9.17) is 0 Å². The highest BCUT2D eigenvalue weighted by molar-refractivity contribution is 5.99. The van der Waals surface area contributed by atoms with E-state index in [1.165, 1.54) is 23.1 Å². The summed E-state index contributed by atoms with van der Waals surface area (Å²) < 4.78 is 0. The van der Waals surface area contributed by atoms with Gasteiger partial charge in [0, 0.05) is 18.8 Å². The van der Waals surface area contributed by atoms with Crippen molar-refractivity contribution in [3.8, 4) is 0 Å². The molecule has 1 aromatic rings. The standard InChI is InChI=1S/C13H14N2O.ClH/c16-13-3-7-2-10-8-1-9(6-14-5-8)11(10)4-12(7)15-13;/h2,4,8-9,14H,1,3,5-6H2,(H,15,16);1H. The van der Waals surface area contributed by atoms with Gasteiger partial charge in [-0.2, -0.15) is 0 Å². The molecule has 3 aliphatic rings. The summed E-state index contributed by atoms with van der Waals surface area (Å²) in [5.41, 5.74) is 5.20. The summed E-state index contributed by atoms with van der Waals surface area (Å²) in [6.07, 6.45) is 1.85. The zero-order valence-corrected chi connectivity index (χ0v) is 10.3. The Morgan fingerprint density at radius 3 is 2.59 bits per heavy atom. The number of nitrogens with one attached hydrogen (secondary N) is 2. The van der Waals surface area contributed by atoms with Gasteiger partial charge in [0.25, 0.3) is 0 Å². The van der Waals surface area contributed by atoms with Gasteiger partial charge in [-0.1, -0.05) is 6.07 Å². The molecule has 2 unspecified atom stereocenters. The van der Waals surface area contributed by atoms with Crippen molar-refractivity contribution in [3.63, 3.8) is 0 Å². The summed E-state index contributed by atoms with van der Waals surface area (Å²) in [5, 5.41) is 6.44. The molecule has 2 bridgehead atoms. The molecular weight excluding hydrogens is 236 g/mol. The largest absolute Gasteiger partial charge is 0.326 e. The fourth-order valence-electron chi connectivity index (χ4n) is 3.43. The molecule has 3 nitrogen and oxygen atoms in total. The minimum Gasteiger partial charge on any atom is -0.326 e. The van der Waals surface area contributed by atoms with E-state index in [1.54, 1.807) is 0 Å². The van der Waals surface area contributed by atoms with Gasteiger partial charge in [-0.3, -0.25) is 4.79 Å². The fourth-order valence-corrected chi connectivity index (χ4v) is 3.43. The maximum Gasteiger partial charge on any atom is 0.228 e. The quantitative estimate of drug-likeness (QED) is 0.737. The second kappa shape index (κ2) is 3.72. The molecule has 2 aliphatic heterocycles. The molecule has 0 aromatic heterocycles. The van der Waals surface area contributed by atoms with Gasteiger partial charge >= 0.3 is 0 Å². The molecule has 4 rings (SSSR count). The topological polar surface area (TPSA) is 41.1 Å². The molecule has 1 fully saturated rings. The number of rotatable bonds is 0. The molecule has 4 heteroatoms. The van der Waals surface area contributed by atoms with Crippen LogP contribution in [-0.2, 0) is 11.2 Å². The van der Waals surface area contributed by atoms with E-state index in [-0.39, 0.29) is 18.3 Å². The van der Waals surface area contributed by atoms with Crippen LogP contribution in [0.3, 0.4) is 0 Å². The molecular formula is C13H15ClN2O. The molecule has 1 aliphatic carbocycles. The van der Waals surface area contributed by atoms with Crippen molar-refractivity contribution in [2.45, 2.75) is 24.7 Å². The highest BCUT2D eigenvalue weighted by atomic mass is 35.5. The minimum atomic E-state index is 0. The zero-order chi connectivity index (χ0) is 10.7. The van der Waals surface area contributed by atoms with Gasteiger partial charge in [0.15, 0.2) is 0 Å². The molecule has 0 radical (unpaired) electrons. The van der Waals surface area contributed by atoms with E-state index in [1.807, 2.05) is 0 Å². The molecule has 2 atom stereocenters. The van der Waals surface area contributed by atoms with Gasteiger partial charge in [0.1, 0.15) is 0 Å². The molecule has 2 heterocycles. The lowest BCUT2D eigenvalue weighted by atomic mass is 9.97. The second-order valence-electron chi connectivity index (χ2n) is 5.15. The first-order chi connectivity index (χ1) is 7.81. The number of benzene rings is 1. The first-order valence-corrected chi connectivity index (χ1v) is 5.98. The lowest BCUT2D eigenvalue weighted by Crippen LogP contribution is -2.28. The Kier molecular flexibility index (Phi) is 2.42. The summed E-state index contributed by atoms with van der Waals surface area (Å²) in [6, 6.07) is 4.48. The third kappa shape index (κ3) is 1.49. The van der Waals surface area contributed by atoms with Gasteiger partial charge in [0.05, 0.1) is 6.42 Å². The average Bonchev–Trinajstić information content (AvgIpc) is 2.76. The monoisotopic (exact) mass is 250 g/mol. The van der Waals surface area contributed by atoms with Gasteiger partial charge in [-0.15, -0.1) is 12.4 Å². The maximum atomic E-state index is 11.4. The normalized spacial score (nSPS) is 28.1. The van der Waals surface area contributed by atoms with Gasteiger partial charge in [-0.05, 0) is 41.0 Å². The number of hydrogen-bond donors (Lipinski definition) is 2. The van der Waals surface area contributed by atoms with Crippen molar-refractivity contribution in [1.29, 1.82) is 0 Å². The number of hydrogen-bond acceptors (Lipinski definition) is 2.